The number of carbonyl (C=O) groups is 1. The lowest BCUT2D eigenvalue weighted by molar-refractivity contribution is -0.0589. The number of rotatable bonds is 9. The van der Waals surface area contributed by atoms with Crippen molar-refractivity contribution in [3.8, 4) is 23.2 Å². The Morgan fingerprint density at radius 2 is 1.89 bits per heavy atom. The van der Waals surface area contributed by atoms with Crippen LogP contribution < -0.4 is 4.74 Å². The topological polar surface area (TPSA) is 110 Å². The third-order valence-electron chi connectivity index (χ3n) is 7.69. The summed E-state index contributed by atoms with van der Waals surface area (Å²) >= 11 is 6.74. The minimum Gasteiger partial charge on any atom is -0.478 e. The van der Waals surface area contributed by atoms with Gasteiger partial charge in [-0.1, -0.05) is 23.7 Å². The molecule has 8 nitrogen and oxygen atoms in total. The highest BCUT2D eigenvalue weighted by Gasteiger charge is 2.25. The minimum absolute atomic E-state index is 0.0581. The van der Waals surface area contributed by atoms with Gasteiger partial charge in [0.25, 0.3) is 5.88 Å². The van der Waals surface area contributed by atoms with Crippen LogP contribution in [0.15, 0.2) is 54.6 Å². The van der Waals surface area contributed by atoms with Gasteiger partial charge in [-0.2, -0.15) is 5.26 Å². The highest BCUT2D eigenvalue weighted by molar-refractivity contribution is 6.31. The van der Waals surface area contributed by atoms with Gasteiger partial charge < -0.3 is 19.1 Å². The van der Waals surface area contributed by atoms with Crippen molar-refractivity contribution >= 4 is 28.6 Å². The maximum absolute atomic E-state index is 14.9. The normalized spacial score (nSPS) is 14.3. The number of pyridine rings is 1. The van der Waals surface area contributed by atoms with Gasteiger partial charge in [0.15, 0.2) is 11.6 Å². The Kier molecular flexibility index (Phi) is 8.18. The number of nitriles is 1. The van der Waals surface area contributed by atoms with Crippen molar-refractivity contribution in [1.29, 1.82) is 5.26 Å². The summed E-state index contributed by atoms with van der Waals surface area (Å²) in [6.45, 7) is 2.52. The maximum Gasteiger partial charge on any atom is 0.335 e. The molecule has 0 amide bonds. The Hall–Kier alpha value is -4.92. The molecular formula is C33H24ClF3N4O4. The average Bonchev–Trinajstić information content (AvgIpc) is 3.33. The van der Waals surface area contributed by atoms with Gasteiger partial charge in [-0.3, -0.25) is 0 Å². The molecule has 12 heteroatoms. The Morgan fingerprint density at radius 3 is 2.58 bits per heavy atom. The quantitative estimate of drug-likeness (QED) is 0.186. The summed E-state index contributed by atoms with van der Waals surface area (Å²) in [5, 5.41) is 18.8. The zero-order valence-electron chi connectivity index (χ0n) is 23.8. The molecule has 3 heterocycles. The molecule has 0 radical (unpaired) electrons. The number of hydrogen-bond acceptors (Lipinski definition) is 6. The van der Waals surface area contributed by atoms with E-state index in [0.29, 0.717) is 46.3 Å². The van der Waals surface area contributed by atoms with Crippen molar-refractivity contribution in [1.82, 2.24) is 14.5 Å². The molecule has 3 aromatic carbocycles. The monoisotopic (exact) mass is 632 g/mol. The van der Waals surface area contributed by atoms with Crippen LogP contribution in [0, 0.1) is 35.7 Å². The molecule has 0 bridgehead atoms. The van der Waals surface area contributed by atoms with Crippen molar-refractivity contribution in [2.24, 2.45) is 0 Å². The first-order valence-electron chi connectivity index (χ1n) is 13.9. The van der Waals surface area contributed by atoms with Gasteiger partial charge in [0.1, 0.15) is 23.8 Å². The highest BCUT2D eigenvalue weighted by atomic mass is 35.5. The molecule has 1 saturated heterocycles. The number of hydrogen-bond donors (Lipinski definition) is 1. The first-order chi connectivity index (χ1) is 21.6. The Morgan fingerprint density at radius 1 is 1.09 bits per heavy atom. The van der Waals surface area contributed by atoms with E-state index in [1.165, 1.54) is 30.3 Å². The third kappa shape index (κ3) is 6.07. The summed E-state index contributed by atoms with van der Waals surface area (Å²) < 4.78 is 56.7. The average molecular weight is 633 g/mol. The second-order valence-corrected chi connectivity index (χ2v) is 11.1. The van der Waals surface area contributed by atoms with Crippen LogP contribution in [-0.2, 0) is 24.3 Å². The fraction of sp³-hybridized carbons (Fsp3) is 0.212. The predicted octanol–water partition coefficient (Wildman–Crippen LogP) is 7.01. The van der Waals surface area contributed by atoms with Crippen LogP contribution in [-0.4, -0.2) is 38.3 Å². The molecule has 0 unspecified atom stereocenters. The number of carboxylic acid groups (broad SMARTS) is 1. The zero-order chi connectivity index (χ0) is 31.8. The van der Waals surface area contributed by atoms with E-state index in [1.54, 1.807) is 10.6 Å². The fourth-order valence-electron chi connectivity index (χ4n) is 5.20. The van der Waals surface area contributed by atoms with Crippen LogP contribution >= 0.6 is 11.6 Å². The van der Waals surface area contributed by atoms with E-state index < -0.39 is 23.4 Å². The first kappa shape index (κ1) is 30.1. The van der Waals surface area contributed by atoms with Crippen molar-refractivity contribution in [3.63, 3.8) is 0 Å². The summed E-state index contributed by atoms with van der Waals surface area (Å²) in [6, 6.07) is 14.3. The maximum atomic E-state index is 14.9. The van der Waals surface area contributed by atoms with E-state index in [1.807, 2.05) is 19.1 Å². The number of halogens is 4. The molecule has 0 spiro atoms. The number of aryl methyl sites for hydroxylation is 1. The van der Waals surface area contributed by atoms with Crippen molar-refractivity contribution in [2.45, 2.75) is 39.0 Å². The Bertz CT molecular complexity index is 2020. The number of imidazole rings is 1. The first-order valence-corrected chi connectivity index (χ1v) is 14.3. The molecule has 45 heavy (non-hydrogen) atoms. The van der Waals surface area contributed by atoms with Gasteiger partial charge in [-0.05, 0) is 66.9 Å². The van der Waals surface area contributed by atoms with Crippen molar-refractivity contribution < 1.29 is 32.5 Å². The largest absolute Gasteiger partial charge is 0.478 e. The molecule has 6 rings (SSSR count). The summed E-state index contributed by atoms with van der Waals surface area (Å²) in [5.41, 5.74) is 2.92. The third-order valence-corrected chi connectivity index (χ3v) is 8.04. The van der Waals surface area contributed by atoms with E-state index in [0.717, 1.165) is 24.1 Å². The minimum atomic E-state index is -1.25. The van der Waals surface area contributed by atoms with E-state index in [2.05, 4.69) is 9.97 Å². The van der Waals surface area contributed by atoms with E-state index in [-0.39, 0.29) is 47.2 Å². The number of benzene rings is 3. The van der Waals surface area contributed by atoms with Crippen molar-refractivity contribution in [3.05, 3.63) is 111 Å². The molecule has 2 aromatic heterocycles. The molecule has 228 valence electrons. The van der Waals surface area contributed by atoms with Crippen LogP contribution in [0.25, 0.3) is 22.3 Å². The number of carboxylic acids is 1. The molecule has 0 aliphatic carbocycles. The Balaban J connectivity index is 1.30. The van der Waals surface area contributed by atoms with Gasteiger partial charge in [0.2, 0.25) is 0 Å². The number of aromatic carboxylic acids is 1. The van der Waals surface area contributed by atoms with E-state index >= 15 is 0 Å². The zero-order valence-corrected chi connectivity index (χ0v) is 24.5. The molecule has 1 aliphatic rings. The van der Waals surface area contributed by atoms with Gasteiger partial charge >= 0.3 is 5.97 Å². The second-order valence-electron chi connectivity index (χ2n) is 10.7. The van der Waals surface area contributed by atoms with Crippen LogP contribution in [0.4, 0.5) is 13.2 Å². The summed E-state index contributed by atoms with van der Waals surface area (Å²) in [5.74, 6) is -3.21. The molecule has 1 N–H and O–H groups in total. The van der Waals surface area contributed by atoms with Gasteiger partial charge in [-0.25, -0.2) is 27.9 Å². The van der Waals surface area contributed by atoms with Gasteiger partial charge in [0.05, 0.1) is 41.1 Å². The molecule has 5 aromatic rings. The highest BCUT2D eigenvalue weighted by Crippen LogP contribution is 2.33. The fourth-order valence-corrected chi connectivity index (χ4v) is 5.43. The summed E-state index contributed by atoms with van der Waals surface area (Å²) in [6.07, 6.45) is 0.921. The van der Waals surface area contributed by atoms with Gasteiger partial charge in [-0.15, -0.1) is 0 Å². The summed E-state index contributed by atoms with van der Waals surface area (Å²) in [4.78, 5) is 20.4. The smallest absolute Gasteiger partial charge is 0.335 e. The second kappa shape index (κ2) is 12.2. The van der Waals surface area contributed by atoms with Crippen LogP contribution in [0.3, 0.4) is 0 Å². The predicted molar refractivity (Wildman–Crippen MR) is 159 cm³/mol. The Labute approximate surface area is 260 Å². The standard InChI is InChI=1S/C33H24ClF3N4O4/c1-17-8-20(12-30-40-31-27(37)10-21(33(42)43)11-29(31)41(30)15-22-6-7-44-22)24(34)13-23(17)28-5-4-25(35)32(39-28)45-16-19-3-2-18(14-38)9-26(19)36/h2-5,8-11,13,22H,6-7,12,15-16H2,1H3,(H,42,43)/t22-/m0/s1. The molecular weight excluding hydrogens is 609 g/mol. The molecule has 0 saturated carbocycles. The van der Waals surface area contributed by atoms with Crippen LogP contribution in [0.1, 0.15) is 44.9 Å². The molecule has 1 fully saturated rings. The summed E-state index contributed by atoms with van der Waals surface area (Å²) in [7, 11) is 0. The molecule has 1 atom stereocenters. The number of nitrogens with zero attached hydrogens (tertiary/aromatic N) is 4. The lowest BCUT2D eigenvalue weighted by Crippen LogP contribution is -2.31. The van der Waals surface area contributed by atoms with Crippen LogP contribution in [0.5, 0.6) is 5.88 Å². The van der Waals surface area contributed by atoms with Crippen molar-refractivity contribution in [2.75, 3.05) is 6.61 Å². The lowest BCUT2D eigenvalue weighted by atomic mass is 10.00. The number of ether oxygens (including phenoxy) is 2. The van der Waals surface area contributed by atoms with E-state index in [9.17, 15) is 23.1 Å². The van der Waals surface area contributed by atoms with Gasteiger partial charge in [0, 0.05) is 29.2 Å². The number of aromatic nitrogens is 3. The molecule has 1 aliphatic heterocycles. The lowest BCUT2D eigenvalue weighted by Gasteiger charge is -2.27. The van der Waals surface area contributed by atoms with E-state index in [4.69, 9.17) is 26.3 Å². The number of fused-ring (bicyclic) bond motifs is 1. The SMILES string of the molecule is Cc1cc(Cc2nc3c(F)cc(C(=O)O)cc3n2C[C@@H]2CCO2)c(Cl)cc1-c1ccc(F)c(OCc2ccc(C#N)cc2F)n1. The van der Waals surface area contributed by atoms with Crippen LogP contribution in [0.2, 0.25) is 5.02 Å².